The lowest BCUT2D eigenvalue weighted by Crippen LogP contribution is -2.39. The minimum Gasteiger partial charge on any atom is -0.393 e. The van der Waals surface area contributed by atoms with Gasteiger partial charge in [0.05, 0.1) is 18.7 Å². The number of benzene rings is 1. The second-order valence-electron chi connectivity index (χ2n) is 5.37. The summed E-state index contributed by atoms with van der Waals surface area (Å²) in [5.41, 5.74) is 2.86. The average Bonchev–Trinajstić information content (AvgIpc) is 2.94. The molecule has 2 rings (SSSR count). The number of hydroxylamine groups is 1. The molecule has 0 unspecified atom stereocenters. The van der Waals surface area contributed by atoms with E-state index in [4.69, 9.17) is 9.94 Å². The maximum Gasteiger partial charge on any atom is 0.249 e. The molecule has 1 aromatic heterocycles. The lowest BCUT2D eigenvalue weighted by atomic mass is 10.2. The van der Waals surface area contributed by atoms with Crippen LogP contribution in [-0.4, -0.2) is 28.2 Å². The van der Waals surface area contributed by atoms with Crippen LogP contribution in [0.5, 0.6) is 0 Å². The maximum atomic E-state index is 12.9. The molecule has 1 heterocycles. The fourth-order valence-corrected chi connectivity index (χ4v) is 2.37. The minimum absolute atomic E-state index is 0.0687. The van der Waals surface area contributed by atoms with Gasteiger partial charge < -0.3 is 5.11 Å². The molecule has 7 heteroatoms. The van der Waals surface area contributed by atoms with Gasteiger partial charge in [-0.15, -0.1) is 11.3 Å². The van der Waals surface area contributed by atoms with Crippen LogP contribution >= 0.6 is 11.3 Å². The van der Waals surface area contributed by atoms with Gasteiger partial charge in [-0.1, -0.05) is 0 Å². The quantitative estimate of drug-likeness (QED) is 0.800. The summed E-state index contributed by atoms with van der Waals surface area (Å²) in [6.45, 7) is 3.10. The first-order valence-corrected chi connectivity index (χ1v) is 7.55. The Balaban J connectivity index is 1.94. The number of aliphatic hydroxyl groups excluding tert-OH is 1. The molecule has 2 aromatic rings. The SMILES string of the molecule is CC(C)(CO)ONC(=O)Cc1csc(-c2ccc(F)cc2)n1. The van der Waals surface area contributed by atoms with Gasteiger partial charge >= 0.3 is 0 Å². The number of nitrogens with zero attached hydrogens (tertiary/aromatic N) is 1. The Morgan fingerprint density at radius 1 is 1.41 bits per heavy atom. The Hall–Kier alpha value is -1.83. The summed E-state index contributed by atoms with van der Waals surface area (Å²) in [7, 11) is 0. The first-order valence-electron chi connectivity index (χ1n) is 6.68. The lowest BCUT2D eigenvalue weighted by Gasteiger charge is -2.21. The lowest BCUT2D eigenvalue weighted by molar-refractivity contribution is -0.152. The number of halogens is 1. The Bertz CT molecular complexity index is 640. The van der Waals surface area contributed by atoms with Crippen molar-refractivity contribution in [2.75, 3.05) is 6.61 Å². The number of aliphatic hydroxyl groups is 1. The number of thiazole rings is 1. The molecule has 0 aliphatic rings. The second-order valence-corrected chi connectivity index (χ2v) is 6.23. The standard InChI is InChI=1S/C15H17FN2O3S/c1-15(2,9-19)21-18-13(20)7-12-8-22-14(17-12)10-3-5-11(16)6-4-10/h3-6,8,19H,7,9H2,1-2H3,(H,18,20). The number of rotatable bonds is 6. The van der Waals surface area contributed by atoms with E-state index in [1.807, 2.05) is 0 Å². The normalized spacial score (nSPS) is 11.5. The Morgan fingerprint density at radius 3 is 2.73 bits per heavy atom. The number of hydrogen-bond acceptors (Lipinski definition) is 5. The molecule has 0 radical (unpaired) electrons. The molecule has 0 atom stereocenters. The summed E-state index contributed by atoms with van der Waals surface area (Å²) in [5, 5.41) is 11.5. The zero-order chi connectivity index (χ0) is 16.2. The monoisotopic (exact) mass is 324 g/mol. The van der Waals surface area contributed by atoms with Crippen LogP contribution in [0.25, 0.3) is 10.6 Å². The van der Waals surface area contributed by atoms with Crippen molar-refractivity contribution in [2.24, 2.45) is 0 Å². The van der Waals surface area contributed by atoms with Gasteiger partial charge in [-0.25, -0.2) is 14.9 Å². The van der Waals surface area contributed by atoms with Crippen molar-refractivity contribution in [2.45, 2.75) is 25.9 Å². The summed E-state index contributed by atoms with van der Waals surface area (Å²) in [6, 6.07) is 6.03. The van der Waals surface area contributed by atoms with Gasteiger partial charge in [-0.05, 0) is 38.1 Å². The fourth-order valence-electron chi connectivity index (χ4n) is 1.54. The van der Waals surface area contributed by atoms with Crippen molar-refractivity contribution in [1.82, 2.24) is 10.5 Å². The van der Waals surface area contributed by atoms with Crippen LogP contribution in [0.4, 0.5) is 4.39 Å². The molecule has 118 valence electrons. The highest BCUT2D eigenvalue weighted by Gasteiger charge is 2.19. The molecular weight excluding hydrogens is 307 g/mol. The topological polar surface area (TPSA) is 71.5 Å². The maximum absolute atomic E-state index is 12.9. The van der Waals surface area contributed by atoms with Crippen LogP contribution in [0.3, 0.4) is 0 Å². The second kappa shape index (κ2) is 6.95. The van der Waals surface area contributed by atoms with E-state index < -0.39 is 5.60 Å². The van der Waals surface area contributed by atoms with E-state index in [9.17, 15) is 9.18 Å². The molecule has 0 bridgehead atoms. The third-order valence-electron chi connectivity index (χ3n) is 2.81. The fraction of sp³-hybridized carbons (Fsp3) is 0.333. The van der Waals surface area contributed by atoms with Crippen molar-refractivity contribution < 1.29 is 19.1 Å². The number of carbonyl (C=O) groups excluding carboxylic acids is 1. The zero-order valence-electron chi connectivity index (χ0n) is 12.3. The van der Waals surface area contributed by atoms with Crippen molar-refractivity contribution >= 4 is 17.2 Å². The molecule has 2 N–H and O–H groups in total. The van der Waals surface area contributed by atoms with Crippen LogP contribution in [0.1, 0.15) is 19.5 Å². The van der Waals surface area contributed by atoms with Gasteiger partial charge in [0.15, 0.2) is 0 Å². The molecule has 22 heavy (non-hydrogen) atoms. The molecule has 0 saturated carbocycles. The molecule has 0 fully saturated rings. The predicted octanol–water partition coefficient (Wildman–Crippen LogP) is 2.31. The molecule has 0 aliphatic carbocycles. The van der Waals surface area contributed by atoms with Crippen LogP contribution in [-0.2, 0) is 16.1 Å². The van der Waals surface area contributed by atoms with E-state index >= 15 is 0 Å². The number of hydrogen-bond donors (Lipinski definition) is 2. The molecule has 0 saturated heterocycles. The highest BCUT2D eigenvalue weighted by atomic mass is 32.1. The highest BCUT2D eigenvalue weighted by molar-refractivity contribution is 7.13. The number of aromatic nitrogens is 1. The van der Waals surface area contributed by atoms with Crippen LogP contribution < -0.4 is 5.48 Å². The molecule has 1 aromatic carbocycles. The minimum atomic E-state index is -0.836. The number of carbonyl (C=O) groups is 1. The summed E-state index contributed by atoms with van der Waals surface area (Å²) < 4.78 is 12.9. The largest absolute Gasteiger partial charge is 0.393 e. The summed E-state index contributed by atoms with van der Waals surface area (Å²) in [4.78, 5) is 21.2. The van der Waals surface area contributed by atoms with E-state index in [0.29, 0.717) is 5.69 Å². The Labute approximate surface area is 131 Å². The van der Waals surface area contributed by atoms with Crippen molar-refractivity contribution in [3.05, 3.63) is 41.2 Å². The van der Waals surface area contributed by atoms with Gasteiger partial charge in [0.25, 0.3) is 0 Å². The average molecular weight is 324 g/mol. The van der Waals surface area contributed by atoms with E-state index in [1.54, 1.807) is 31.4 Å². The third kappa shape index (κ3) is 4.59. The first-order chi connectivity index (χ1) is 10.4. The van der Waals surface area contributed by atoms with Crippen LogP contribution in [0, 0.1) is 5.82 Å². The Kier molecular flexibility index (Phi) is 5.23. The molecule has 1 amide bonds. The van der Waals surface area contributed by atoms with E-state index in [0.717, 1.165) is 10.6 Å². The van der Waals surface area contributed by atoms with E-state index in [1.165, 1.54) is 23.5 Å². The predicted molar refractivity (Wildman–Crippen MR) is 81.6 cm³/mol. The molecule has 0 spiro atoms. The number of amides is 1. The highest BCUT2D eigenvalue weighted by Crippen LogP contribution is 2.24. The van der Waals surface area contributed by atoms with Gasteiger partial charge in [-0.2, -0.15) is 0 Å². The van der Waals surface area contributed by atoms with E-state index in [2.05, 4.69) is 10.5 Å². The van der Waals surface area contributed by atoms with Gasteiger partial charge in [0.1, 0.15) is 16.4 Å². The summed E-state index contributed by atoms with van der Waals surface area (Å²) >= 11 is 1.38. The van der Waals surface area contributed by atoms with Gasteiger partial charge in [0, 0.05) is 10.9 Å². The van der Waals surface area contributed by atoms with Gasteiger partial charge in [0.2, 0.25) is 5.91 Å². The third-order valence-corrected chi connectivity index (χ3v) is 3.75. The van der Waals surface area contributed by atoms with Crippen molar-refractivity contribution in [3.63, 3.8) is 0 Å². The van der Waals surface area contributed by atoms with Crippen molar-refractivity contribution in [1.29, 1.82) is 0 Å². The Morgan fingerprint density at radius 2 is 2.09 bits per heavy atom. The van der Waals surface area contributed by atoms with Crippen molar-refractivity contribution in [3.8, 4) is 10.6 Å². The molecule has 0 aliphatic heterocycles. The van der Waals surface area contributed by atoms with E-state index in [-0.39, 0.29) is 24.8 Å². The first kappa shape index (κ1) is 16.5. The smallest absolute Gasteiger partial charge is 0.249 e. The molecule has 5 nitrogen and oxygen atoms in total. The van der Waals surface area contributed by atoms with Gasteiger partial charge in [-0.3, -0.25) is 9.63 Å². The van der Waals surface area contributed by atoms with Crippen LogP contribution in [0.15, 0.2) is 29.6 Å². The summed E-state index contributed by atoms with van der Waals surface area (Å²) in [6.07, 6.45) is 0.0687. The molecular formula is C15H17FN2O3S. The summed E-state index contributed by atoms with van der Waals surface area (Å²) in [5.74, 6) is -0.652. The van der Waals surface area contributed by atoms with Crippen LogP contribution in [0.2, 0.25) is 0 Å². The number of nitrogens with one attached hydrogen (secondary N) is 1. The zero-order valence-corrected chi connectivity index (χ0v) is 13.1.